The Kier molecular flexibility index (Phi) is 4.90. The van der Waals surface area contributed by atoms with Crippen LogP contribution < -0.4 is 16.4 Å². The quantitative estimate of drug-likeness (QED) is 0.904. The molecule has 0 bridgehead atoms. The van der Waals surface area contributed by atoms with E-state index in [0.717, 1.165) is 25.3 Å². The number of hydrogen-bond acceptors (Lipinski definition) is 5. The van der Waals surface area contributed by atoms with E-state index >= 15 is 0 Å². The van der Waals surface area contributed by atoms with Gasteiger partial charge >= 0.3 is 0 Å². The number of aromatic nitrogens is 1. The fourth-order valence-electron chi connectivity index (χ4n) is 3.57. The van der Waals surface area contributed by atoms with Crippen molar-refractivity contribution >= 4 is 17.2 Å². The highest BCUT2D eigenvalue weighted by Gasteiger charge is 2.30. The summed E-state index contributed by atoms with van der Waals surface area (Å²) in [5, 5.41) is 0. The van der Waals surface area contributed by atoms with Gasteiger partial charge < -0.3 is 16.4 Å². The number of nitrogens with two attached hydrogens (primary N) is 2. The number of nitrogen functional groups attached to an aromatic ring is 2. The zero-order valence-corrected chi connectivity index (χ0v) is 14.5. The van der Waals surface area contributed by atoms with E-state index in [-0.39, 0.29) is 0 Å². The van der Waals surface area contributed by atoms with Crippen LogP contribution >= 0.6 is 0 Å². The first-order valence-corrected chi connectivity index (χ1v) is 8.55. The first kappa shape index (κ1) is 16.6. The molecule has 0 saturated carbocycles. The Bertz CT molecular complexity index is 673. The largest absolute Gasteiger partial charge is 0.394 e. The molecule has 3 rings (SSSR count). The minimum Gasteiger partial charge on any atom is -0.394 e. The Morgan fingerprint density at radius 1 is 1.21 bits per heavy atom. The summed E-state index contributed by atoms with van der Waals surface area (Å²) in [5.41, 5.74) is 14.9. The van der Waals surface area contributed by atoms with E-state index in [1.807, 2.05) is 6.07 Å². The molecule has 2 atom stereocenters. The molecule has 24 heavy (non-hydrogen) atoms. The first-order valence-electron chi connectivity index (χ1n) is 8.55. The average Bonchev–Trinajstić information content (AvgIpc) is 2.59. The van der Waals surface area contributed by atoms with Gasteiger partial charge in [0.05, 0.1) is 11.4 Å². The maximum Gasteiger partial charge on any atom is 0.148 e. The predicted octanol–water partition coefficient (Wildman–Crippen LogP) is 2.59. The van der Waals surface area contributed by atoms with Gasteiger partial charge in [0.15, 0.2) is 0 Å². The number of nitrogens with zero attached hydrogens (tertiary/aromatic N) is 3. The van der Waals surface area contributed by atoms with Gasteiger partial charge in [0.25, 0.3) is 0 Å². The third kappa shape index (κ3) is 3.46. The van der Waals surface area contributed by atoms with Crippen LogP contribution in [0.2, 0.25) is 0 Å². The topological polar surface area (TPSA) is 71.4 Å². The second-order valence-electron chi connectivity index (χ2n) is 6.79. The van der Waals surface area contributed by atoms with E-state index in [1.165, 1.54) is 12.0 Å². The van der Waals surface area contributed by atoms with E-state index in [2.05, 4.69) is 59.1 Å². The molecule has 1 aliphatic rings. The normalized spacial score (nSPS) is 21.6. The van der Waals surface area contributed by atoms with Crippen LogP contribution in [0, 0.1) is 5.92 Å². The highest BCUT2D eigenvalue weighted by atomic mass is 15.2. The van der Waals surface area contributed by atoms with Gasteiger partial charge in [-0.05, 0) is 30.5 Å². The monoisotopic (exact) mass is 325 g/mol. The summed E-state index contributed by atoms with van der Waals surface area (Å²) in [6.07, 6.45) is 2.91. The zero-order valence-electron chi connectivity index (χ0n) is 14.5. The Morgan fingerprint density at radius 3 is 2.71 bits per heavy atom. The van der Waals surface area contributed by atoms with Crippen LogP contribution in [0.15, 0.2) is 42.6 Å². The molecule has 2 heterocycles. The molecule has 1 saturated heterocycles. The molecule has 5 nitrogen and oxygen atoms in total. The molecular weight excluding hydrogens is 298 g/mol. The van der Waals surface area contributed by atoms with Crippen molar-refractivity contribution in [2.24, 2.45) is 5.92 Å². The summed E-state index contributed by atoms with van der Waals surface area (Å²) in [6, 6.07) is 13.0. The van der Waals surface area contributed by atoms with Gasteiger partial charge in [0.1, 0.15) is 5.82 Å². The highest BCUT2D eigenvalue weighted by molar-refractivity contribution is 5.76. The smallest absolute Gasteiger partial charge is 0.148 e. The van der Waals surface area contributed by atoms with E-state index in [9.17, 15) is 0 Å². The van der Waals surface area contributed by atoms with Crippen molar-refractivity contribution < 1.29 is 0 Å². The number of piperidine rings is 1. The van der Waals surface area contributed by atoms with Gasteiger partial charge in [0, 0.05) is 32.4 Å². The van der Waals surface area contributed by atoms with Crippen molar-refractivity contribution in [3.63, 3.8) is 0 Å². The van der Waals surface area contributed by atoms with E-state index < -0.39 is 0 Å². The standard InChI is InChI=1S/C19H27N5/c1-14-9-11-24(12-15-6-4-3-5-7-15)13-17(14)23(2)16-8-10-22-19(21)18(16)20/h3-8,10,14,17H,9,11-13,20H2,1-2H3,(H2,21,22). The maximum absolute atomic E-state index is 6.15. The van der Waals surface area contributed by atoms with Crippen molar-refractivity contribution in [2.75, 3.05) is 36.5 Å². The molecule has 2 unspecified atom stereocenters. The van der Waals surface area contributed by atoms with Crippen LogP contribution in [0.3, 0.4) is 0 Å². The van der Waals surface area contributed by atoms with Gasteiger partial charge in [-0.1, -0.05) is 37.3 Å². The predicted molar refractivity (Wildman–Crippen MR) is 101 cm³/mol. The summed E-state index contributed by atoms with van der Waals surface area (Å²) < 4.78 is 0. The number of hydrogen-bond donors (Lipinski definition) is 2. The summed E-state index contributed by atoms with van der Waals surface area (Å²) in [6.45, 7) is 5.47. The summed E-state index contributed by atoms with van der Waals surface area (Å²) in [7, 11) is 2.11. The average molecular weight is 325 g/mol. The van der Waals surface area contributed by atoms with Crippen LogP contribution in [0.4, 0.5) is 17.2 Å². The minimum atomic E-state index is 0.406. The maximum atomic E-state index is 6.15. The summed E-state index contributed by atoms with van der Waals surface area (Å²) >= 11 is 0. The Morgan fingerprint density at radius 2 is 1.96 bits per heavy atom. The number of pyridine rings is 1. The Balaban J connectivity index is 1.75. The van der Waals surface area contributed by atoms with Gasteiger partial charge in [-0.3, -0.25) is 4.90 Å². The molecule has 1 fully saturated rings. The minimum absolute atomic E-state index is 0.406. The molecule has 0 aliphatic carbocycles. The lowest BCUT2D eigenvalue weighted by molar-refractivity contribution is 0.159. The number of benzene rings is 1. The lowest BCUT2D eigenvalue weighted by atomic mass is 9.91. The lowest BCUT2D eigenvalue weighted by Gasteiger charge is -2.43. The van der Waals surface area contributed by atoms with Gasteiger partial charge in [-0.2, -0.15) is 0 Å². The van der Waals surface area contributed by atoms with Gasteiger partial charge in [-0.25, -0.2) is 4.98 Å². The molecule has 0 spiro atoms. The molecule has 1 aromatic heterocycles. The fourth-order valence-corrected chi connectivity index (χ4v) is 3.57. The second-order valence-corrected chi connectivity index (χ2v) is 6.79. The molecule has 2 aromatic rings. The first-order chi connectivity index (χ1) is 11.6. The van der Waals surface area contributed by atoms with Crippen LogP contribution in [-0.2, 0) is 6.54 Å². The third-order valence-electron chi connectivity index (χ3n) is 5.13. The molecule has 4 N–H and O–H groups in total. The molecule has 1 aliphatic heterocycles. The fraction of sp³-hybridized carbons (Fsp3) is 0.421. The van der Waals surface area contributed by atoms with Gasteiger partial charge in [-0.15, -0.1) is 0 Å². The van der Waals surface area contributed by atoms with Crippen molar-refractivity contribution in [3.05, 3.63) is 48.2 Å². The van der Waals surface area contributed by atoms with Crippen LogP contribution in [0.5, 0.6) is 0 Å². The molecule has 1 aromatic carbocycles. The number of likely N-dealkylation sites (tertiary alicyclic amines) is 1. The number of rotatable bonds is 4. The Hall–Kier alpha value is -2.27. The van der Waals surface area contributed by atoms with Crippen LogP contribution in [0.1, 0.15) is 18.9 Å². The molecular formula is C19H27N5. The Labute approximate surface area is 144 Å². The third-order valence-corrected chi connectivity index (χ3v) is 5.13. The zero-order chi connectivity index (χ0) is 17.1. The molecule has 128 valence electrons. The van der Waals surface area contributed by atoms with Crippen LogP contribution in [0.25, 0.3) is 0 Å². The second kappa shape index (κ2) is 7.09. The van der Waals surface area contributed by atoms with E-state index in [4.69, 9.17) is 11.5 Å². The summed E-state index contributed by atoms with van der Waals surface area (Å²) in [5.74, 6) is 1.01. The lowest BCUT2D eigenvalue weighted by Crippen LogP contribution is -2.50. The molecule has 5 heteroatoms. The van der Waals surface area contributed by atoms with Crippen molar-refractivity contribution in [1.29, 1.82) is 0 Å². The van der Waals surface area contributed by atoms with Crippen LogP contribution in [-0.4, -0.2) is 36.1 Å². The van der Waals surface area contributed by atoms with Gasteiger partial charge in [0.2, 0.25) is 0 Å². The van der Waals surface area contributed by atoms with Crippen molar-refractivity contribution in [2.45, 2.75) is 25.9 Å². The van der Waals surface area contributed by atoms with Crippen molar-refractivity contribution in [1.82, 2.24) is 9.88 Å². The highest BCUT2D eigenvalue weighted by Crippen LogP contribution is 2.31. The van der Waals surface area contributed by atoms with E-state index in [1.54, 1.807) is 6.20 Å². The van der Waals surface area contributed by atoms with Crippen molar-refractivity contribution in [3.8, 4) is 0 Å². The number of likely N-dealkylation sites (N-methyl/N-ethyl adjacent to an activating group) is 1. The number of anilines is 3. The summed E-state index contributed by atoms with van der Waals surface area (Å²) in [4.78, 5) is 8.87. The SMILES string of the molecule is CC1CCN(Cc2ccccc2)CC1N(C)c1ccnc(N)c1N. The molecule has 0 radical (unpaired) electrons. The molecule has 0 amide bonds. The van der Waals surface area contributed by atoms with E-state index in [0.29, 0.717) is 23.5 Å².